The molecule has 2 aromatic rings. The largest absolute Gasteiger partial charge is 0.489 e. The molecule has 3 heterocycles. The van der Waals surface area contributed by atoms with E-state index in [1.54, 1.807) is 13.3 Å². The van der Waals surface area contributed by atoms with Gasteiger partial charge in [-0.15, -0.1) is 0 Å². The summed E-state index contributed by atoms with van der Waals surface area (Å²) in [5.74, 6) is 1.23. The summed E-state index contributed by atoms with van der Waals surface area (Å²) >= 11 is 0. The molecule has 23 heavy (non-hydrogen) atoms. The third-order valence-electron chi connectivity index (χ3n) is 4.58. The number of aromatic nitrogens is 3. The fourth-order valence-electron chi connectivity index (χ4n) is 3.43. The number of hydrogen-bond donors (Lipinski definition) is 1. The van der Waals surface area contributed by atoms with Crippen LogP contribution < -0.4 is 4.74 Å². The topological polar surface area (TPSA) is 63.3 Å². The Morgan fingerprint density at radius 3 is 3.09 bits per heavy atom. The quantitative estimate of drug-likeness (QED) is 0.931. The molecule has 1 N–H and O–H groups in total. The number of likely N-dealkylation sites (tertiary alicyclic amines) is 1. The number of aromatic amines is 1. The highest BCUT2D eigenvalue weighted by molar-refractivity contribution is 5.62. The fourth-order valence-corrected chi connectivity index (χ4v) is 3.43. The number of hydrogen-bond acceptors (Lipinski definition) is 5. The highest BCUT2D eigenvalue weighted by Crippen LogP contribution is 2.30. The Morgan fingerprint density at radius 1 is 1.35 bits per heavy atom. The van der Waals surface area contributed by atoms with Crippen LogP contribution in [0.1, 0.15) is 17.2 Å². The summed E-state index contributed by atoms with van der Waals surface area (Å²) in [7, 11) is 1.76. The van der Waals surface area contributed by atoms with Crippen LogP contribution in [0.25, 0.3) is 6.08 Å². The van der Waals surface area contributed by atoms with Gasteiger partial charge in [0.25, 0.3) is 0 Å². The SMILES string of the molecule is CO[C@@H]1CN(CC2=Cc3ccccc3OC2)C[C@H]1c1cn[nH]n1. The van der Waals surface area contributed by atoms with E-state index in [0.717, 1.165) is 36.6 Å². The zero-order valence-electron chi connectivity index (χ0n) is 13.1. The number of H-pyrrole nitrogens is 1. The van der Waals surface area contributed by atoms with Gasteiger partial charge in [0.2, 0.25) is 0 Å². The van der Waals surface area contributed by atoms with Crippen LogP contribution in [0.4, 0.5) is 0 Å². The molecule has 0 saturated carbocycles. The smallest absolute Gasteiger partial charge is 0.127 e. The first-order chi connectivity index (χ1) is 11.3. The molecular weight excluding hydrogens is 292 g/mol. The van der Waals surface area contributed by atoms with Crippen molar-refractivity contribution in [1.29, 1.82) is 0 Å². The van der Waals surface area contributed by atoms with Gasteiger partial charge in [0.15, 0.2) is 0 Å². The Balaban J connectivity index is 1.47. The van der Waals surface area contributed by atoms with E-state index in [9.17, 15) is 0 Å². The highest BCUT2D eigenvalue weighted by Gasteiger charge is 2.35. The molecule has 4 rings (SSSR count). The molecule has 1 saturated heterocycles. The third kappa shape index (κ3) is 2.87. The molecular formula is C17H20N4O2. The average molecular weight is 312 g/mol. The molecule has 2 aliphatic heterocycles. The second kappa shape index (κ2) is 6.14. The summed E-state index contributed by atoms with van der Waals surface area (Å²) in [5, 5.41) is 10.8. The molecule has 0 bridgehead atoms. The minimum Gasteiger partial charge on any atom is -0.489 e. The van der Waals surface area contributed by atoms with Crippen LogP contribution in [0.5, 0.6) is 5.75 Å². The molecule has 2 atom stereocenters. The van der Waals surface area contributed by atoms with Gasteiger partial charge in [0.05, 0.1) is 18.0 Å². The Kier molecular flexibility index (Phi) is 3.85. The summed E-state index contributed by atoms with van der Waals surface area (Å²) in [6, 6.07) is 8.15. The number of rotatable bonds is 4. The van der Waals surface area contributed by atoms with Crippen molar-refractivity contribution in [2.75, 3.05) is 33.4 Å². The van der Waals surface area contributed by atoms with Gasteiger partial charge in [-0.1, -0.05) is 18.2 Å². The molecule has 6 nitrogen and oxygen atoms in total. The monoisotopic (exact) mass is 312 g/mol. The number of fused-ring (bicyclic) bond motifs is 1. The van der Waals surface area contributed by atoms with E-state index < -0.39 is 0 Å². The summed E-state index contributed by atoms with van der Waals surface area (Å²) in [5.41, 5.74) is 3.42. The van der Waals surface area contributed by atoms with Crippen LogP contribution in [0.3, 0.4) is 0 Å². The van der Waals surface area contributed by atoms with Gasteiger partial charge in [-0.2, -0.15) is 15.4 Å². The van der Waals surface area contributed by atoms with Gasteiger partial charge < -0.3 is 9.47 Å². The zero-order chi connectivity index (χ0) is 15.6. The number of nitrogens with one attached hydrogen (secondary N) is 1. The number of benzene rings is 1. The van der Waals surface area contributed by atoms with Crippen molar-refractivity contribution >= 4 is 6.08 Å². The first-order valence-electron chi connectivity index (χ1n) is 7.85. The van der Waals surface area contributed by atoms with Gasteiger partial charge in [-0.25, -0.2) is 0 Å². The number of nitrogens with zero attached hydrogens (tertiary/aromatic N) is 3. The van der Waals surface area contributed by atoms with Crippen LogP contribution >= 0.6 is 0 Å². The Labute approximate surface area is 135 Å². The van der Waals surface area contributed by atoms with E-state index in [-0.39, 0.29) is 12.0 Å². The Morgan fingerprint density at radius 2 is 2.26 bits per heavy atom. The van der Waals surface area contributed by atoms with Gasteiger partial charge in [0.1, 0.15) is 12.4 Å². The molecule has 0 unspecified atom stereocenters. The molecule has 0 amide bonds. The van der Waals surface area contributed by atoms with Crippen molar-refractivity contribution in [2.24, 2.45) is 0 Å². The number of methoxy groups -OCH3 is 1. The first-order valence-corrected chi connectivity index (χ1v) is 7.85. The van der Waals surface area contributed by atoms with E-state index in [2.05, 4.69) is 32.5 Å². The van der Waals surface area contributed by atoms with Crippen molar-refractivity contribution in [3.05, 3.63) is 47.3 Å². The molecule has 1 fully saturated rings. The lowest BCUT2D eigenvalue weighted by Gasteiger charge is -2.22. The second-order valence-corrected chi connectivity index (χ2v) is 6.10. The normalized spacial score (nSPS) is 24.1. The standard InChI is InChI=1S/C17H20N4O2/c1-22-17-10-21(9-14(17)15-7-18-20-19-15)8-12-6-13-4-2-3-5-16(13)23-11-12/h2-7,14,17H,8-11H2,1H3,(H,18,19,20)/t14-,17+/m0/s1. The molecule has 1 aromatic heterocycles. The number of para-hydroxylation sites is 1. The number of ether oxygens (including phenoxy) is 2. The van der Waals surface area contributed by atoms with Crippen LogP contribution in [0.2, 0.25) is 0 Å². The maximum atomic E-state index is 5.85. The maximum Gasteiger partial charge on any atom is 0.127 e. The predicted octanol–water partition coefficient (Wildman–Crippen LogP) is 1.69. The van der Waals surface area contributed by atoms with Crippen molar-refractivity contribution in [1.82, 2.24) is 20.3 Å². The maximum absolute atomic E-state index is 5.85. The molecule has 0 spiro atoms. The van der Waals surface area contributed by atoms with E-state index >= 15 is 0 Å². The third-order valence-corrected chi connectivity index (χ3v) is 4.58. The van der Waals surface area contributed by atoms with Crippen molar-refractivity contribution in [2.45, 2.75) is 12.0 Å². The van der Waals surface area contributed by atoms with Crippen LogP contribution in [-0.4, -0.2) is 59.8 Å². The average Bonchev–Trinajstić information content (AvgIpc) is 3.23. The second-order valence-electron chi connectivity index (χ2n) is 6.10. The molecule has 1 aromatic carbocycles. The van der Waals surface area contributed by atoms with E-state index in [1.807, 2.05) is 18.2 Å². The van der Waals surface area contributed by atoms with E-state index in [1.165, 1.54) is 5.57 Å². The minimum absolute atomic E-state index is 0.150. The van der Waals surface area contributed by atoms with Crippen molar-refractivity contribution < 1.29 is 9.47 Å². The fraction of sp³-hybridized carbons (Fsp3) is 0.412. The van der Waals surface area contributed by atoms with Gasteiger partial charge in [-0.05, 0) is 17.7 Å². The Bertz CT molecular complexity index is 698. The van der Waals surface area contributed by atoms with Crippen LogP contribution in [0, 0.1) is 0 Å². The molecule has 120 valence electrons. The van der Waals surface area contributed by atoms with E-state index in [0.29, 0.717) is 6.61 Å². The predicted molar refractivity (Wildman–Crippen MR) is 86.3 cm³/mol. The van der Waals surface area contributed by atoms with Gasteiger partial charge in [0, 0.05) is 38.2 Å². The van der Waals surface area contributed by atoms with E-state index in [4.69, 9.17) is 9.47 Å². The molecule has 0 radical (unpaired) electrons. The lowest BCUT2D eigenvalue weighted by atomic mass is 10.0. The lowest BCUT2D eigenvalue weighted by Crippen LogP contribution is -2.27. The summed E-state index contributed by atoms with van der Waals surface area (Å²) in [6.45, 7) is 3.36. The first kappa shape index (κ1) is 14.4. The van der Waals surface area contributed by atoms with Gasteiger partial charge >= 0.3 is 0 Å². The van der Waals surface area contributed by atoms with Crippen LogP contribution in [0.15, 0.2) is 36.0 Å². The van der Waals surface area contributed by atoms with Crippen LogP contribution in [-0.2, 0) is 4.74 Å². The molecule has 0 aliphatic carbocycles. The van der Waals surface area contributed by atoms with Crippen molar-refractivity contribution in [3.63, 3.8) is 0 Å². The van der Waals surface area contributed by atoms with Gasteiger partial charge in [-0.3, -0.25) is 4.90 Å². The molecule has 2 aliphatic rings. The Hall–Kier alpha value is -2.18. The summed E-state index contributed by atoms with van der Waals surface area (Å²) in [4.78, 5) is 2.40. The summed E-state index contributed by atoms with van der Waals surface area (Å²) in [6.07, 6.45) is 4.18. The summed E-state index contributed by atoms with van der Waals surface area (Å²) < 4.78 is 11.5. The highest BCUT2D eigenvalue weighted by atomic mass is 16.5. The zero-order valence-corrected chi connectivity index (χ0v) is 13.1. The lowest BCUT2D eigenvalue weighted by molar-refractivity contribution is 0.0970. The van der Waals surface area contributed by atoms with Crippen molar-refractivity contribution in [3.8, 4) is 5.75 Å². The minimum atomic E-state index is 0.150. The molecule has 6 heteroatoms.